The van der Waals surface area contributed by atoms with Crippen molar-refractivity contribution in [2.24, 2.45) is 0 Å². The predicted molar refractivity (Wildman–Crippen MR) is 95.8 cm³/mol. The van der Waals surface area contributed by atoms with E-state index in [1.54, 1.807) is 22.7 Å². The normalized spacial score (nSPS) is 24.1. The zero-order valence-electron chi connectivity index (χ0n) is 10.9. The molecule has 1 aliphatic carbocycles. The molecule has 2 aromatic heterocycles. The Balaban J connectivity index is 1.88. The molecule has 0 bridgehead atoms. The lowest BCUT2D eigenvalue weighted by Crippen LogP contribution is -2.54. The zero-order valence-corrected chi connectivity index (χ0v) is 16.9. The fourth-order valence-electron chi connectivity index (χ4n) is 3.13. The number of aromatic nitrogens is 2. The Bertz CT molecular complexity index is 701. The topological polar surface area (TPSA) is 62.7 Å². The van der Waals surface area contributed by atoms with Gasteiger partial charge in [0.2, 0.25) is 0 Å². The SMILES string of the molecule is Ic1nc2c(s1)-c1sc(I)nc1C1(OCCO1)C21OCCO1. The maximum atomic E-state index is 6.06. The van der Waals surface area contributed by atoms with Gasteiger partial charge < -0.3 is 18.9 Å². The van der Waals surface area contributed by atoms with E-state index in [1.165, 1.54) is 0 Å². The van der Waals surface area contributed by atoms with E-state index in [4.69, 9.17) is 18.9 Å². The summed E-state index contributed by atoms with van der Waals surface area (Å²) in [4.78, 5) is 11.5. The number of fused-ring (bicyclic) bond motifs is 6. The first-order chi connectivity index (χ1) is 10.7. The van der Waals surface area contributed by atoms with Crippen molar-refractivity contribution in [1.29, 1.82) is 0 Å². The highest BCUT2D eigenvalue weighted by Crippen LogP contribution is 2.61. The summed E-state index contributed by atoms with van der Waals surface area (Å²) < 4.78 is 26.1. The molecule has 22 heavy (non-hydrogen) atoms. The molecule has 4 heterocycles. The number of rotatable bonds is 0. The minimum absolute atomic E-state index is 0.485. The Labute approximate surface area is 160 Å². The molecule has 0 saturated carbocycles. The minimum atomic E-state index is -1.15. The van der Waals surface area contributed by atoms with E-state index in [9.17, 15) is 0 Å². The van der Waals surface area contributed by atoms with Crippen LogP contribution in [0.15, 0.2) is 0 Å². The summed E-state index contributed by atoms with van der Waals surface area (Å²) in [7, 11) is 0. The molecule has 2 aromatic rings. The van der Waals surface area contributed by atoms with Gasteiger partial charge in [-0.15, -0.1) is 22.7 Å². The molecule has 0 N–H and O–H groups in total. The Hall–Kier alpha value is 0.560. The van der Waals surface area contributed by atoms with Crippen molar-refractivity contribution in [3.63, 3.8) is 0 Å². The summed E-state index contributed by atoms with van der Waals surface area (Å²) in [5.41, 5.74) is 1.52. The lowest BCUT2D eigenvalue weighted by Gasteiger charge is -2.42. The van der Waals surface area contributed by atoms with Crippen molar-refractivity contribution in [3.8, 4) is 9.75 Å². The van der Waals surface area contributed by atoms with Gasteiger partial charge in [-0.05, 0) is 45.2 Å². The first-order valence-corrected chi connectivity index (χ1v) is 10.4. The third-order valence-corrected chi connectivity index (χ3v) is 7.51. The largest absolute Gasteiger partial charge is 0.338 e. The van der Waals surface area contributed by atoms with Gasteiger partial charge in [0, 0.05) is 0 Å². The van der Waals surface area contributed by atoms with Gasteiger partial charge in [-0.1, -0.05) is 0 Å². The van der Waals surface area contributed by atoms with E-state index in [2.05, 4.69) is 55.1 Å². The van der Waals surface area contributed by atoms with Crippen LogP contribution >= 0.6 is 67.9 Å². The standard InChI is InChI=1S/C12H8I2N2O4S2/c13-9-15-7-5(21-9)6-8(16-10(14)22-6)12(19-3-4-20-12)11(7)17-1-2-18-11/h1-4H2. The number of thiazole rings is 2. The third kappa shape index (κ3) is 1.72. The van der Waals surface area contributed by atoms with E-state index >= 15 is 0 Å². The van der Waals surface area contributed by atoms with Crippen LogP contribution in [0.1, 0.15) is 11.4 Å². The average Bonchev–Trinajstić information content (AvgIpc) is 3.22. The second kappa shape index (κ2) is 5.03. The van der Waals surface area contributed by atoms with Crippen molar-refractivity contribution < 1.29 is 18.9 Å². The number of halogens is 2. The molecule has 3 aliphatic rings. The van der Waals surface area contributed by atoms with Crippen molar-refractivity contribution in [2.75, 3.05) is 26.4 Å². The maximum absolute atomic E-state index is 6.06. The number of ether oxygens (including phenoxy) is 4. The molecule has 0 atom stereocenters. The average molecular weight is 562 g/mol. The van der Waals surface area contributed by atoms with Crippen LogP contribution in [0.25, 0.3) is 9.75 Å². The summed E-state index contributed by atoms with van der Waals surface area (Å²) in [6, 6.07) is 0. The molecule has 0 radical (unpaired) electrons. The highest BCUT2D eigenvalue weighted by atomic mass is 127. The fraction of sp³-hybridized carbons (Fsp3) is 0.500. The molecule has 2 aliphatic heterocycles. The minimum Gasteiger partial charge on any atom is -0.338 e. The van der Waals surface area contributed by atoms with Gasteiger partial charge in [-0.25, -0.2) is 9.97 Å². The zero-order chi connectivity index (χ0) is 14.9. The van der Waals surface area contributed by atoms with Crippen LogP contribution in [0, 0.1) is 6.03 Å². The van der Waals surface area contributed by atoms with E-state index in [1.807, 2.05) is 0 Å². The molecule has 6 nitrogen and oxygen atoms in total. The summed E-state index contributed by atoms with van der Waals surface area (Å²) >= 11 is 7.69. The van der Waals surface area contributed by atoms with Gasteiger partial charge in [-0.3, -0.25) is 0 Å². The van der Waals surface area contributed by atoms with Gasteiger partial charge in [-0.2, -0.15) is 0 Å². The Morgan fingerprint density at radius 3 is 1.45 bits per heavy atom. The molecule has 2 spiro atoms. The number of hydrogen-bond donors (Lipinski definition) is 0. The quantitative estimate of drug-likeness (QED) is 0.461. The van der Waals surface area contributed by atoms with Gasteiger partial charge in [0.1, 0.15) is 11.4 Å². The summed E-state index contributed by atoms with van der Waals surface area (Å²) in [5.74, 6) is -2.30. The predicted octanol–water partition coefficient (Wildman–Crippen LogP) is 2.89. The maximum Gasteiger partial charge on any atom is 0.276 e. The molecule has 116 valence electrons. The fourth-order valence-corrected chi connectivity index (χ4v) is 6.73. The molecular formula is C12H8I2N2O4S2. The van der Waals surface area contributed by atoms with Crippen LogP contribution in [-0.2, 0) is 30.5 Å². The molecule has 0 aromatic carbocycles. The highest BCUT2D eigenvalue weighted by molar-refractivity contribution is 14.1. The molecular weight excluding hydrogens is 554 g/mol. The van der Waals surface area contributed by atoms with E-state index in [-0.39, 0.29) is 0 Å². The van der Waals surface area contributed by atoms with Crippen molar-refractivity contribution in [3.05, 3.63) is 17.4 Å². The first-order valence-electron chi connectivity index (χ1n) is 6.56. The Morgan fingerprint density at radius 2 is 1.09 bits per heavy atom. The third-order valence-electron chi connectivity index (χ3n) is 3.85. The second-order valence-electron chi connectivity index (χ2n) is 4.92. The second-order valence-corrected chi connectivity index (χ2v) is 10.4. The van der Waals surface area contributed by atoms with Crippen LogP contribution in [0.4, 0.5) is 0 Å². The smallest absolute Gasteiger partial charge is 0.276 e. The van der Waals surface area contributed by atoms with Crippen LogP contribution in [-0.4, -0.2) is 36.4 Å². The molecule has 0 amide bonds. The van der Waals surface area contributed by atoms with Crippen LogP contribution in [0.5, 0.6) is 0 Å². The highest BCUT2D eigenvalue weighted by Gasteiger charge is 2.69. The number of nitrogens with zero attached hydrogens (tertiary/aromatic N) is 2. The molecule has 0 unspecified atom stereocenters. The summed E-state index contributed by atoms with van der Waals surface area (Å²) in [5, 5.41) is 0. The Morgan fingerprint density at radius 1 is 0.727 bits per heavy atom. The molecule has 5 rings (SSSR count). The monoisotopic (exact) mass is 562 g/mol. The van der Waals surface area contributed by atoms with Gasteiger partial charge in [0.15, 0.2) is 6.03 Å². The van der Waals surface area contributed by atoms with Crippen molar-refractivity contribution in [2.45, 2.75) is 11.6 Å². The van der Waals surface area contributed by atoms with Crippen LogP contribution < -0.4 is 0 Å². The van der Waals surface area contributed by atoms with Gasteiger partial charge >= 0.3 is 0 Å². The Kier molecular flexibility index (Phi) is 3.40. The van der Waals surface area contributed by atoms with E-state index in [0.29, 0.717) is 26.4 Å². The van der Waals surface area contributed by atoms with Crippen LogP contribution in [0.3, 0.4) is 0 Å². The van der Waals surface area contributed by atoms with Crippen molar-refractivity contribution >= 4 is 67.9 Å². The van der Waals surface area contributed by atoms with Crippen LogP contribution in [0.2, 0.25) is 0 Å². The van der Waals surface area contributed by atoms with Gasteiger partial charge in [0.05, 0.1) is 36.2 Å². The van der Waals surface area contributed by atoms with E-state index < -0.39 is 11.6 Å². The first kappa shape index (κ1) is 14.9. The lowest BCUT2D eigenvalue weighted by molar-refractivity contribution is -0.368. The van der Waals surface area contributed by atoms with Crippen molar-refractivity contribution in [1.82, 2.24) is 9.97 Å². The van der Waals surface area contributed by atoms with Gasteiger partial charge in [0.25, 0.3) is 11.6 Å². The molecule has 10 heteroatoms. The van der Waals surface area contributed by atoms with E-state index in [0.717, 1.165) is 27.2 Å². The molecule has 2 saturated heterocycles. The summed E-state index contributed by atoms with van der Waals surface area (Å²) in [6.45, 7) is 1.94. The lowest BCUT2D eigenvalue weighted by atomic mass is 9.91. The summed E-state index contributed by atoms with van der Waals surface area (Å²) in [6.07, 6.45) is 0. The number of hydrogen-bond acceptors (Lipinski definition) is 8. The molecule has 2 fully saturated rings.